The number of rotatable bonds is 4. The second kappa shape index (κ2) is 7.52. The Hall–Kier alpha value is -2.29. The molecule has 0 saturated heterocycles. The highest BCUT2D eigenvalue weighted by Crippen LogP contribution is 2.35. The maximum Gasteiger partial charge on any atom is 0.219 e. The molecule has 0 bridgehead atoms. The van der Waals surface area contributed by atoms with Gasteiger partial charge in [0.05, 0.1) is 0 Å². The first kappa shape index (κ1) is 16.6. The highest BCUT2D eigenvalue weighted by atomic mass is 16.3. The smallest absolute Gasteiger partial charge is 0.219 e. The van der Waals surface area contributed by atoms with Crippen LogP contribution in [-0.4, -0.2) is 22.0 Å². The molecule has 0 heterocycles. The largest absolute Gasteiger partial charge is 0.508 e. The molecule has 126 valence electrons. The first-order chi connectivity index (χ1) is 11.6. The van der Waals surface area contributed by atoms with Crippen LogP contribution in [-0.2, 0) is 11.3 Å². The Morgan fingerprint density at radius 3 is 2.21 bits per heavy atom. The van der Waals surface area contributed by atoms with Gasteiger partial charge >= 0.3 is 0 Å². The number of benzene rings is 2. The van der Waals surface area contributed by atoms with Crippen LogP contribution in [0.15, 0.2) is 54.6 Å². The summed E-state index contributed by atoms with van der Waals surface area (Å²) in [5.41, 5.74) is 2.48. The molecule has 1 N–H and O–H groups in total. The second-order valence-corrected chi connectivity index (χ2v) is 6.73. The molecule has 24 heavy (non-hydrogen) atoms. The zero-order chi connectivity index (χ0) is 16.9. The average Bonchev–Trinajstić information content (AvgIpc) is 2.61. The van der Waals surface area contributed by atoms with Crippen molar-refractivity contribution < 1.29 is 9.90 Å². The Morgan fingerprint density at radius 1 is 1.00 bits per heavy atom. The van der Waals surface area contributed by atoms with E-state index in [1.165, 1.54) is 11.1 Å². The number of hydrogen-bond acceptors (Lipinski definition) is 2. The number of carbonyl (C=O) groups excluding carboxylic acids is 1. The second-order valence-electron chi connectivity index (χ2n) is 6.73. The summed E-state index contributed by atoms with van der Waals surface area (Å²) in [6.45, 7) is 2.37. The third kappa shape index (κ3) is 3.97. The van der Waals surface area contributed by atoms with Gasteiger partial charge in [-0.2, -0.15) is 0 Å². The first-order valence-electron chi connectivity index (χ1n) is 8.73. The van der Waals surface area contributed by atoms with Gasteiger partial charge in [0.15, 0.2) is 0 Å². The number of amides is 1. The molecular weight excluding hydrogens is 298 g/mol. The van der Waals surface area contributed by atoms with Crippen molar-refractivity contribution in [1.29, 1.82) is 0 Å². The van der Waals surface area contributed by atoms with Crippen molar-refractivity contribution in [3.8, 4) is 5.75 Å². The molecular formula is C21H25NO2. The van der Waals surface area contributed by atoms with Crippen LogP contribution in [0.5, 0.6) is 5.75 Å². The fourth-order valence-corrected chi connectivity index (χ4v) is 3.74. The van der Waals surface area contributed by atoms with E-state index >= 15 is 0 Å². The van der Waals surface area contributed by atoms with E-state index < -0.39 is 0 Å². The molecule has 1 aliphatic carbocycles. The van der Waals surface area contributed by atoms with Gasteiger partial charge in [-0.05, 0) is 54.9 Å². The molecule has 0 spiro atoms. The average molecular weight is 323 g/mol. The molecule has 1 amide bonds. The first-order valence-corrected chi connectivity index (χ1v) is 8.73. The fraction of sp³-hybridized carbons (Fsp3) is 0.381. The van der Waals surface area contributed by atoms with Crippen molar-refractivity contribution in [2.75, 3.05) is 0 Å². The molecule has 0 radical (unpaired) electrons. The van der Waals surface area contributed by atoms with E-state index in [9.17, 15) is 9.90 Å². The summed E-state index contributed by atoms with van der Waals surface area (Å²) in [5.74, 6) is 1.01. The third-order valence-corrected chi connectivity index (χ3v) is 5.10. The predicted molar refractivity (Wildman–Crippen MR) is 95.8 cm³/mol. The maximum absolute atomic E-state index is 12.1. The fourth-order valence-electron chi connectivity index (χ4n) is 3.74. The highest BCUT2D eigenvalue weighted by molar-refractivity contribution is 5.73. The number of hydrogen-bond donors (Lipinski definition) is 1. The van der Waals surface area contributed by atoms with Crippen LogP contribution in [0.4, 0.5) is 0 Å². The van der Waals surface area contributed by atoms with Crippen molar-refractivity contribution in [1.82, 2.24) is 4.90 Å². The van der Waals surface area contributed by atoms with Crippen molar-refractivity contribution in [3.05, 3.63) is 65.7 Å². The van der Waals surface area contributed by atoms with Gasteiger partial charge in [0.2, 0.25) is 5.91 Å². The molecule has 3 heteroatoms. The van der Waals surface area contributed by atoms with Crippen LogP contribution in [0.25, 0.3) is 0 Å². The summed E-state index contributed by atoms with van der Waals surface area (Å²) in [6, 6.07) is 18.1. The van der Waals surface area contributed by atoms with E-state index in [1.807, 2.05) is 35.2 Å². The van der Waals surface area contributed by atoms with Crippen LogP contribution in [0.2, 0.25) is 0 Å². The molecule has 0 aliphatic heterocycles. The SMILES string of the molecule is CC(=O)N(Cc1ccccc1)C1CCC(c2ccc(O)cc2)CC1. The van der Waals surface area contributed by atoms with Crippen LogP contribution in [0.1, 0.15) is 49.7 Å². The molecule has 2 aromatic rings. The Bertz CT molecular complexity index is 658. The molecule has 2 aromatic carbocycles. The van der Waals surface area contributed by atoms with E-state index in [4.69, 9.17) is 0 Å². The quantitative estimate of drug-likeness (QED) is 0.902. The summed E-state index contributed by atoms with van der Waals surface area (Å²) < 4.78 is 0. The van der Waals surface area contributed by atoms with Crippen LogP contribution in [0.3, 0.4) is 0 Å². The summed E-state index contributed by atoms with van der Waals surface area (Å²) in [5, 5.41) is 9.43. The van der Waals surface area contributed by atoms with Gasteiger partial charge in [0, 0.05) is 19.5 Å². The maximum atomic E-state index is 12.1. The molecule has 3 nitrogen and oxygen atoms in total. The lowest BCUT2D eigenvalue weighted by molar-refractivity contribution is -0.132. The highest BCUT2D eigenvalue weighted by Gasteiger charge is 2.28. The van der Waals surface area contributed by atoms with Gasteiger partial charge in [-0.15, -0.1) is 0 Å². The Labute approximate surface area is 143 Å². The summed E-state index contributed by atoms with van der Waals surface area (Å²) in [7, 11) is 0. The van der Waals surface area contributed by atoms with Gasteiger partial charge in [0.25, 0.3) is 0 Å². The molecule has 0 aromatic heterocycles. The predicted octanol–water partition coefficient (Wildman–Crippen LogP) is 4.47. The number of phenols is 1. The molecule has 1 fully saturated rings. The van der Waals surface area contributed by atoms with Crippen LogP contribution in [0, 0.1) is 0 Å². The molecule has 1 saturated carbocycles. The van der Waals surface area contributed by atoms with Gasteiger partial charge < -0.3 is 10.0 Å². The molecule has 3 rings (SSSR count). The van der Waals surface area contributed by atoms with E-state index in [1.54, 1.807) is 19.1 Å². The molecule has 0 unspecified atom stereocenters. The summed E-state index contributed by atoms with van der Waals surface area (Å²) >= 11 is 0. The van der Waals surface area contributed by atoms with Crippen LogP contribution >= 0.6 is 0 Å². The van der Waals surface area contributed by atoms with Gasteiger partial charge in [-0.3, -0.25) is 4.79 Å². The minimum Gasteiger partial charge on any atom is -0.508 e. The minimum atomic E-state index is 0.159. The van der Waals surface area contributed by atoms with Gasteiger partial charge in [-0.1, -0.05) is 42.5 Å². The number of carbonyl (C=O) groups is 1. The van der Waals surface area contributed by atoms with Crippen molar-refractivity contribution in [3.63, 3.8) is 0 Å². The lowest BCUT2D eigenvalue weighted by Gasteiger charge is -2.36. The standard InChI is InChI=1S/C21H25NO2/c1-16(23)22(15-17-5-3-2-4-6-17)20-11-7-18(8-12-20)19-9-13-21(24)14-10-19/h2-6,9-10,13-14,18,20,24H,7-8,11-12,15H2,1H3. The van der Waals surface area contributed by atoms with Gasteiger partial charge in [-0.25, -0.2) is 0 Å². The van der Waals surface area contributed by atoms with Crippen molar-refractivity contribution in [2.45, 2.75) is 51.1 Å². The Morgan fingerprint density at radius 2 is 1.62 bits per heavy atom. The zero-order valence-electron chi connectivity index (χ0n) is 14.2. The number of nitrogens with zero attached hydrogens (tertiary/aromatic N) is 1. The van der Waals surface area contributed by atoms with Crippen molar-refractivity contribution in [2.24, 2.45) is 0 Å². The summed E-state index contributed by atoms with van der Waals surface area (Å²) in [6.07, 6.45) is 4.26. The minimum absolute atomic E-state index is 0.159. The lowest BCUT2D eigenvalue weighted by atomic mass is 9.81. The number of aromatic hydroxyl groups is 1. The summed E-state index contributed by atoms with van der Waals surface area (Å²) in [4.78, 5) is 14.2. The zero-order valence-corrected chi connectivity index (χ0v) is 14.2. The third-order valence-electron chi connectivity index (χ3n) is 5.10. The van der Waals surface area contributed by atoms with E-state index in [0.717, 1.165) is 25.7 Å². The topological polar surface area (TPSA) is 40.5 Å². The number of phenolic OH excluding ortho intramolecular Hbond substituents is 1. The Balaban J connectivity index is 1.63. The van der Waals surface area contributed by atoms with Crippen molar-refractivity contribution >= 4 is 5.91 Å². The lowest BCUT2D eigenvalue weighted by Crippen LogP contribution is -2.40. The normalized spacial score (nSPS) is 20.5. The van der Waals surface area contributed by atoms with Gasteiger partial charge in [0.1, 0.15) is 5.75 Å². The monoisotopic (exact) mass is 323 g/mol. The molecule has 1 aliphatic rings. The molecule has 0 atom stereocenters. The van der Waals surface area contributed by atoms with Crippen LogP contribution < -0.4 is 0 Å². The Kier molecular flexibility index (Phi) is 5.19. The van der Waals surface area contributed by atoms with E-state index in [2.05, 4.69) is 12.1 Å². The van der Waals surface area contributed by atoms with E-state index in [0.29, 0.717) is 24.3 Å². The van der Waals surface area contributed by atoms with E-state index in [-0.39, 0.29) is 5.91 Å².